The topological polar surface area (TPSA) is 47.6 Å². The average Bonchev–Trinajstić information content (AvgIpc) is 3.14. The molecule has 0 aromatic heterocycles. The molecule has 4 nitrogen and oxygen atoms in total. The monoisotopic (exact) mass is 263 g/mol. The van der Waals surface area contributed by atoms with Crippen molar-refractivity contribution >= 4 is 5.91 Å². The highest BCUT2D eigenvalue weighted by Gasteiger charge is 2.39. The highest BCUT2D eigenvalue weighted by atomic mass is 16.5. The highest BCUT2D eigenvalue weighted by molar-refractivity contribution is 5.78. The third-order valence-corrected chi connectivity index (χ3v) is 3.39. The third-order valence-electron chi connectivity index (χ3n) is 3.39. The summed E-state index contributed by atoms with van der Waals surface area (Å²) in [5.74, 6) is 0.418. The second kappa shape index (κ2) is 6.68. The van der Waals surface area contributed by atoms with Crippen molar-refractivity contribution in [1.82, 2.24) is 5.32 Å². The van der Waals surface area contributed by atoms with Crippen molar-refractivity contribution in [2.24, 2.45) is 0 Å². The summed E-state index contributed by atoms with van der Waals surface area (Å²) in [5.41, 5.74) is 2.63. The van der Waals surface area contributed by atoms with Crippen molar-refractivity contribution in [2.75, 3.05) is 26.9 Å². The molecule has 4 heteroatoms. The number of aryl methyl sites for hydroxylation is 1. The number of carbonyl (C=O) groups is 1. The summed E-state index contributed by atoms with van der Waals surface area (Å²) < 4.78 is 10.0. The van der Waals surface area contributed by atoms with E-state index in [1.54, 1.807) is 7.11 Å². The van der Waals surface area contributed by atoms with Gasteiger partial charge in [0.15, 0.2) is 0 Å². The van der Waals surface area contributed by atoms with Gasteiger partial charge in [0.25, 0.3) is 0 Å². The van der Waals surface area contributed by atoms with Gasteiger partial charge in [-0.15, -0.1) is 0 Å². The molecule has 0 bridgehead atoms. The zero-order valence-corrected chi connectivity index (χ0v) is 11.5. The van der Waals surface area contributed by atoms with E-state index in [1.807, 2.05) is 12.1 Å². The Labute approximate surface area is 114 Å². The van der Waals surface area contributed by atoms with Gasteiger partial charge in [0, 0.05) is 19.1 Å². The maximum absolute atomic E-state index is 11.6. The van der Waals surface area contributed by atoms with Crippen molar-refractivity contribution in [3.8, 4) is 0 Å². The minimum absolute atomic E-state index is 0.0443. The molecule has 19 heavy (non-hydrogen) atoms. The Balaban J connectivity index is 1.72. The van der Waals surface area contributed by atoms with Crippen molar-refractivity contribution < 1.29 is 14.3 Å². The van der Waals surface area contributed by atoms with Crippen LogP contribution in [-0.2, 0) is 14.3 Å². The summed E-state index contributed by atoms with van der Waals surface area (Å²) in [6.45, 7) is 3.19. The lowest BCUT2D eigenvalue weighted by Gasteiger charge is -2.07. The van der Waals surface area contributed by atoms with Crippen LogP contribution in [0, 0.1) is 6.92 Å². The van der Waals surface area contributed by atoms with Crippen LogP contribution in [0.15, 0.2) is 24.3 Å². The molecule has 1 aliphatic carbocycles. The predicted octanol–water partition coefficient (Wildman–Crippen LogP) is 1.63. The minimum atomic E-state index is -0.0443. The molecule has 1 saturated carbocycles. The summed E-state index contributed by atoms with van der Waals surface area (Å²) in [5, 5.41) is 3.00. The maximum Gasteiger partial charge on any atom is 0.246 e. The number of nitrogens with one attached hydrogen (secondary N) is 1. The molecule has 0 heterocycles. The molecule has 1 N–H and O–H groups in total. The van der Waals surface area contributed by atoms with Crippen molar-refractivity contribution in [3.05, 3.63) is 35.4 Å². The van der Waals surface area contributed by atoms with Crippen LogP contribution in [0.5, 0.6) is 0 Å². The van der Waals surface area contributed by atoms with Gasteiger partial charge in [0.05, 0.1) is 13.2 Å². The van der Waals surface area contributed by atoms with E-state index in [1.165, 1.54) is 11.1 Å². The zero-order valence-electron chi connectivity index (χ0n) is 11.5. The molecule has 1 aromatic rings. The normalized spacial score (nSPS) is 21.2. The van der Waals surface area contributed by atoms with Gasteiger partial charge in [-0.2, -0.15) is 0 Å². The fraction of sp³-hybridized carbons (Fsp3) is 0.533. The number of benzene rings is 1. The summed E-state index contributed by atoms with van der Waals surface area (Å²) in [6.07, 6.45) is 1.02. The smallest absolute Gasteiger partial charge is 0.246 e. The van der Waals surface area contributed by atoms with Crippen molar-refractivity contribution in [2.45, 2.75) is 25.3 Å². The van der Waals surface area contributed by atoms with Crippen LogP contribution in [-0.4, -0.2) is 38.9 Å². The van der Waals surface area contributed by atoms with E-state index in [-0.39, 0.29) is 18.6 Å². The molecular formula is C15H21NO3. The van der Waals surface area contributed by atoms with E-state index in [9.17, 15) is 4.79 Å². The first-order valence-electron chi connectivity index (χ1n) is 6.64. The van der Waals surface area contributed by atoms with Crippen LogP contribution in [0.4, 0.5) is 0 Å². The molecule has 1 amide bonds. The maximum atomic E-state index is 11.6. The number of hydrogen-bond donors (Lipinski definition) is 1. The number of methoxy groups -OCH3 is 1. The molecule has 0 saturated heterocycles. The largest absolute Gasteiger partial charge is 0.382 e. The van der Waals surface area contributed by atoms with Gasteiger partial charge in [-0.25, -0.2) is 0 Å². The highest BCUT2D eigenvalue weighted by Crippen LogP contribution is 2.41. The van der Waals surface area contributed by atoms with Gasteiger partial charge in [0.1, 0.15) is 6.61 Å². The molecule has 2 rings (SSSR count). The summed E-state index contributed by atoms with van der Waals surface area (Å²) in [6, 6.07) is 8.60. The number of hydrogen-bond acceptors (Lipinski definition) is 3. The Morgan fingerprint density at radius 2 is 2.16 bits per heavy atom. The first kappa shape index (κ1) is 14.0. The van der Waals surface area contributed by atoms with E-state index < -0.39 is 0 Å². The molecule has 2 atom stereocenters. The number of rotatable bonds is 7. The van der Waals surface area contributed by atoms with Crippen LogP contribution in [0.2, 0.25) is 0 Å². The number of amides is 1. The van der Waals surface area contributed by atoms with Gasteiger partial charge in [-0.05, 0) is 24.5 Å². The van der Waals surface area contributed by atoms with E-state index in [2.05, 4.69) is 24.4 Å². The predicted molar refractivity (Wildman–Crippen MR) is 73.2 cm³/mol. The van der Waals surface area contributed by atoms with Crippen molar-refractivity contribution in [3.63, 3.8) is 0 Å². The summed E-state index contributed by atoms with van der Waals surface area (Å²) in [7, 11) is 1.61. The lowest BCUT2D eigenvalue weighted by molar-refractivity contribution is -0.126. The van der Waals surface area contributed by atoms with Crippen LogP contribution in [0.25, 0.3) is 0 Å². The fourth-order valence-corrected chi connectivity index (χ4v) is 2.26. The quantitative estimate of drug-likeness (QED) is 0.761. The van der Waals surface area contributed by atoms with Crippen molar-refractivity contribution in [1.29, 1.82) is 0 Å². The molecule has 1 aliphatic rings. The minimum Gasteiger partial charge on any atom is -0.382 e. The van der Waals surface area contributed by atoms with Crippen LogP contribution < -0.4 is 5.32 Å². The SMILES string of the molecule is COCCOCC(=O)NC1CC1c1ccccc1C. The van der Waals surface area contributed by atoms with Gasteiger partial charge < -0.3 is 14.8 Å². The summed E-state index contributed by atoms with van der Waals surface area (Å²) >= 11 is 0. The Kier molecular flexibility index (Phi) is 4.93. The second-order valence-electron chi connectivity index (χ2n) is 4.92. The molecule has 104 valence electrons. The van der Waals surface area contributed by atoms with E-state index in [0.29, 0.717) is 19.1 Å². The van der Waals surface area contributed by atoms with Crippen LogP contribution >= 0.6 is 0 Å². The van der Waals surface area contributed by atoms with Crippen LogP contribution in [0.3, 0.4) is 0 Å². The Hall–Kier alpha value is -1.39. The first-order valence-corrected chi connectivity index (χ1v) is 6.64. The van der Waals surface area contributed by atoms with Gasteiger partial charge in [0.2, 0.25) is 5.91 Å². The Bertz CT molecular complexity index is 433. The first-order chi connectivity index (χ1) is 9.22. The number of ether oxygens (including phenoxy) is 2. The lowest BCUT2D eigenvalue weighted by Crippen LogP contribution is -2.30. The van der Waals surface area contributed by atoms with E-state index in [0.717, 1.165) is 6.42 Å². The zero-order chi connectivity index (χ0) is 13.7. The molecule has 0 spiro atoms. The Morgan fingerprint density at radius 3 is 2.89 bits per heavy atom. The number of carbonyl (C=O) groups excluding carboxylic acids is 1. The standard InChI is InChI=1S/C15H21NO3/c1-11-5-3-4-6-12(11)13-9-14(13)16-15(17)10-19-8-7-18-2/h3-6,13-14H,7-10H2,1-2H3,(H,16,17). The third kappa shape index (κ3) is 4.04. The average molecular weight is 263 g/mol. The van der Waals surface area contributed by atoms with E-state index >= 15 is 0 Å². The lowest BCUT2D eigenvalue weighted by atomic mass is 10.0. The van der Waals surface area contributed by atoms with Gasteiger partial charge in [-0.1, -0.05) is 24.3 Å². The van der Waals surface area contributed by atoms with Gasteiger partial charge in [-0.3, -0.25) is 4.79 Å². The molecule has 1 fully saturated rings. The molecular weight excluding hydrogens is 242 g/mol. The molecule has 0 aliphatic heterocycles. The molecule has 2 unspecified atom stereocenters. The molecule has 1 aromatic carbocycles. The van der Waals surface area contributed by atoms with Crippen LogP contribution in [0.1, 0.15) is 23.5 Å². The van der Waals surface area contributed by atoms with E-state index in [4.69, 9.17) is 9.47 Å². The molecule has 0 radical (unpaired) electrons. The Morgan fingerprint density at radius 1 is 1.37 bits per heavy atom. The fourth-order valence-electron chi connectivity index (χ4n) is 2.26. The summed E-state index contributed by atoms with van der Waals surface area (Å²) in [4.78, 5) is 11.6. The second-order valence-corrected chi connectivity index (χ2v) is 4.92. The van der Waals surface area contributed by atoms with Gasteiger partial charge >= 0.3 is 0 Å².